The summed E-state index contributed by atoms with van der Waals surface area (Å²) in [6.07, 6.45) is 0.999. The summed E-state index contributed by atoms with van der Waals surface area (Å²) in [5, 5.41) is 7.46. The maximum absolute atomic E-state index is 5.64. The third-order valence-corrected chi connectivity index (χ3v) is 3.11. The molecule has 0 bridgehead atoms. The number of aromatic nitrogens is 3. The molecule has 1 atom stereocenters. The summed E-state index contributed by atoms with van der Waals surface area (Å²) in [6, 6.07) is 8.77. The summed E-state index contributed by atoms with van der Waals surface area (Å²) in [7, 11) is 0. The van der Waals surface area contributed by atoms with E-state index in [0.717, 1.165) is 18.9 Å². The topological polar surface area (TPSA) is 68.8 Å². The Hall–Kier alpha value is -2.04. The second-order valence-electron chi connectivity index (χ2n) is 4.38. The molecule has 1 aromatic heterocycles. The molecule has 17 heavy (non-hydrogen) atoms. The average Bonchev–Trinajstić information content (AvgIpc) is 2.70. The van der Waals surface area contributed by atoms with Crippen LogP contribution in [0.25, 0.3) is 0 Å². The fraction of sp³-hybridized carbons (Fsp3) is 0.333. The lowest BCUT2D eigenvalue weighted by molar-refractivity contribution is 0.481. The lowest BCUT2D eigenvalue weighted by Crippen LogP contribution is -2.24. The number of hydrogen-bond acceptors (Lipinski definition) is 4. The smallest absolute Gasteiger partial charge is 0.241 e. The highest BCUT2D eigenvalue weighted by Crippen LogP contribution is 2.28. The number of nitrogens with one attached hydrogen (secondary N) is 1. The van der Waals surface area contributed by atoms with Crippen molar-refractivity contribution in [2.75, 3.05) is 17.6 Å². The molecular formula is C12H15N5. The van der Waals surface area contributed by atoms with E-state index in [2.05, 4.69) is 46.6 Å². The molecular weight excluding hydrogens is 214 g/mol. The molecule has 1 unspecified atom stereocenters. The van der Waals surface area contributed by atoms with Gasteiger partial charge in [0.25, 0.3) is 0 Å². The summed E-state index contributed by atoms with van der Waals surface area (Å²) in [5.74, 6) is 1.09. The number of rotatable bonds is 1. The molecule has 0 amide bonds. The van der Waals surface area contributed by atoms with Crippen LogP contribution in [0, 0.1) is 6.92 Å². The highest BCUT2D eigenvalue weighted by Gasteiger charge is 2.23. The molecule has 1 aliphatic heterocycles. The van der Waals surface area contributed by atoms with Crippen molar-refractivity contribution in [3.8, 4) is 0 Å². The van der Waals surface area contributed by atoms with E-state index in [0.29, 0.717) is 5.95 Å². The monoisotopic (exact) mass is 229 g/mol. The summed E-state index contributed by atoms with van der Waals surface area (Å²) in [4.78, 5) is 4.16. The molecule has 0 radical (unpaired) electrons. The molecule has 2 heterocycles. The summed E-state index contributed by atoms with van der Waals surface area (Å²) in [6.45, 7) is 2.99. The van der Waals surface area contributed by atoms with Crippen LogP contribution in [0.1, 0.15) is 23.6 Å². The van der Waals surface area contributed by atoms with Gasteiger partial charge in [-0.1, -0.05) is 29.8 Å². The first kappa shape index (κ1) is 10.1. The van der Waals surface area contributed by atoms with Crippen molar-refractivity contribution in [2.24, 2.45) is 0 Å². The van der Waals surface area contributed by atoms with Crippen molar-refractivity contribution in [3.63, 3.8) is 0 Å². The van der Waals surface area contributed by atoms with Crippen LogP contribution >= 0.6 is 0 Å². The number of nitrogens with two attached hydrogens (primary N) is 1. The van der Waals surface area contributed by atoms with Crippen LogP contribution in [0.2, 0.25) is 0 Å². The molecule has 88 valence electrons. The van der Waals surface area contributed by atoms with E-state index in [1.165, 1.54) is 11.1 Å². The number of anilines is 2. The Morgan fingerprint density at radius 2 is 2.12 bits per heavy atom. The minimum atomic E-state index is 0.233. The van der Waals surface area contributed by atoms with Gasteiger partial charge in [0, 0.05) is 6.54 Å². The second-order valence-corrected chi connectivity index (χ2v) is 4.38. The molecule has 5 nitrogen and oxygen atoms in total. The minimum Gasteiger partial charge on any atom is -0.366 e. The second kappa shape index (κ2) is 3.76. The lowest BCUT2D eigenvalue weighted by atomic mass is 10.0. The van der Waals surface area contributed by atoms with Gasteiger partial charge in [0.05, 0.1) is 6.04 Å². The fourth-order valence-corrected chi connectivity index (χ4v) is 2.22. The molecule has 3 rings (SSSR count). The van der Waals surface area contributed by atoms with Crippen molar-refractivity contribution < 1.29 is 0 Å². The van der Waals surface area contributed by atoms with Crippen molar-refractivity contribution in [1.29, 1.82) is 0 Å². The van der Waals surface area contributed by atoms with Gasteiger partial charge in [-0.2, -0.15) is 4.98 Å². The summed E-state index contributed by atoms with van der Waals surface area (Å²) < 4.78 is 1.88. The Balaban J connectivity index is 2.02. The molecule has 1 aliphatic rings. The number of benzene rings is 1. The molecule has 0 fully saturated rings. The van der Waals surface area contributed by atoms with Gasteiger partial charge >= 0.3 is 0 Å². The average molecular weight is 229 g/mol. The third-order valence-electron chi connectivity index (χ3n) is 3.11. The Morgan fingerprint density at radius 1 is 1.35 bits per heavy atom. The normalized spacial score (nSPS) is 18.5. The van der Waals surface area contributed by atoms with Crippen molar-refractivity contribution >= 4 is 11.9 Å². The van der Waals surface area contributed by atoms with E-state index in [1.54, 1.807) is 0 Å². The highest BCUT2D eigenvalue weighted by molar-refractivity contribution is 5.37. The lowest BCUT2D eigenvalue weighted by Gasteiger charge is -2.24. The first-order valence-electron chi connectivity index (χ1n) is 5.76. The van der Waals surface area contributed by atoms with E-state index in [9.17, 15) is 0 Å². The zero-order valence-electron chi connectivity index (χ0n) is 9.72. The van der Waals surface area contributed by atoms with Crippen LogP contribution in [0.5, 0.6) is 0 Å². The molecule has 5 heteroatoms. The zero-order chi connectivity index (χ0) is 11.8. The predicted octanol–water partition coefficient (Wildman–Crippen LogP) is 1.57. The van der Waals surface area contributed by atoms with Crippen molar-refractivity contribution in [2.45, 2.75) is 19.4 Å². The minimum absolute atomic E-state index is 0.233. The third kappa shape index (κ3) is 1.73. The standard InChI is InChI=1S/C12H15N5/c1-8-2-4-9(5-3-8)10-6-7-14-12-15-11(13)16-17(10)12/h2-5,10H,6-7H2,1H3,(H3,13,14,15,16). The molecule has 3 N–H and O–H groups in total. The van der Waals surface area contributed by atoms with E-state index in [-0.39, 0.29) is 6.04 Å². The maximum atomic E-state index is 5.64. The van der Waals surface area contributed by atoms with Crippen molar-refractivity contribution in [3.05, 3.63) is 35.4 Å². The quantitative estimate of drug-likeness (QED) is 0.779. The molecule has 0 spiro atoms. The van der Waals surface area contributed by atoms with Gasteiger partial charge in [0.2, 0.25) is 11.9 Å². The number of aryl methyl sites for hydroxylation is 1. The Bertz CT molecular complexity index is 528. The van der Waals surface area contributed by atoms with Crippen LogP contribution in [0.4, 0.5) is 11.9 Å². The largest absolute Gasteiger partial charge is 0.366 e. The van der Waals surface area contributed by atoms with Crippen LogP contribution in [-0.4, -0.2) is 21.3 Å². The molecule has 1 aromatic carbocycles. The van der Waals surface area contributed by atoms with Gasteiger partial charge in [-0.05, 0) is 18.9 Å². The van der Waals surface area contributed by atoms with Gasteiger partial charge in [-0.15, -0.1) is 5.10 Å². The van der Waals surface area contributed by atoms with Crippen LogP contribution in [-0.2, 0) is 0 Å². The molecule has 0 aliphatic carbocycles. The first-order chi connectivity index (χ1) is 8.24. The number of hydrogen-bond donors (Lipinski definition) is 2. The highest BCUT2D eigenvalue weighted by atomic mass is 15.4. The van der Waals surface area contributed by atoms with Gasteiger partial charge in [-0.3, -0.25) is 0 Å². The van der Waals surface area contributed by atoms with Crippen LogP contribution < -0.4 is 11.1 Å². The van der Waals surface area contributed by atoms with E-state index >= 15 is 0 Å². The van der Waals surface area contributed by atoms with Gasteiger partial charge in [0.15, 0.2) is 0 Å². The molecule has 2 aromatic rings. The molecule has 0 saturated carbocycles. The van der Waals surface area contributed by atoms with Gasteiger partial charge < -0.3 is 11.1 Å². The van der Waals surface area contributed by atoms with Gasteiger partial charge in [-0.25, -0.2) is 4.68 Å². The Kier molecular flexibility index (Phi) is 2.24. The first-order valence-corrected chi connectivity index (χ1v) is 5.76. The van der Waals surface area contributed by atoms with Crippen LogP contribution in [0.3, 0.4) is 0 Å². The Morgan fingerprint density at radius 3 is 2.88 bits per heavy atom. The SMILES string of the molecule is Cc1ccc(C2CCNc3nc(N)nn32)cc1. The fourth-order valence-electron chi connectivity index (χ4n) is 2.22. The summed E-state index contributed by atoms with van der Waals surface area (Å²) >= 11 is 0. The Labute approximate surface area is 99.7 Å². The zero-order valence-corrected chi connectivity index (χ0v) is 9.72. The van der Waals surface area contributed by atoms with E-state index < -0.39 is 0 Å². The van der Waals surface area contributed by atoms with E-state index in [1.807, 2.05) is 4.68 Å². The van der Waals surface area contributed by atoms with E-state index in [4.69, 9.17) is 5.73 Å². The number of fused-ring (bicyclic) bond motifs is 1. The van der Waals surface area contributed by atoms with Crippen molar-refractivity contribution in [1.82, 2.24) is 14.8 Å². The predicted molar refractivity (Wildman–Crippen MR) is 66.9 cm³/mol. The number of nitrogens with zero attached hydrogens (tertiary/aromatic N) is 3. The summed E-state index contributed by atoms with van der Waals surface area (Å²) in [5.41, 5.74) is 8.16. The maximum Gasteiger partial charge on any atom is 0.241 e. The number of nitrogen functional groups attached to an aromatic ring is 1. The molecule has 0 saturated heterocycles. The van der Waals surface area contributed by atoms with Gasteiger partial charge in [0.1, 0.15) is 0 Å². The van der Waals surface area contributed by atoms with Crippen LogP contribution in [0.15, 0.2) is 24.3 Å².